The monoisotopic (exact) mass is 440 g/mol. The smallest absolute Gasteiger partial charge is 0.341 e. The van der Waals surface area contributed by atoms with Crippen molar-refractivity contribution < 1.29 is 14.3 Å². The van der Waals surface area contributed by atoms with Crippen LogP contribution in [0.3, 0.4) is 0 Å². The first-order chi connectivity index (χ1) is 14.6. The molecule has 2 aromatic heterocycles. The van der Waals surface area contributed by atoms with Gasteiger partial charge in [0.15, 0.2) is 0 Å². The second-order valence-corrected chi connectivity index (χ2v) is 10.6. The zero-order chi connectivity index (χ0) is 22.2. The van der Waals surface area contributed by atoms with Gasteiger partial charge in [-0.05, 0) is 61.3 Å². The maximum atomic E-state index is 15.4. The lowest BCUT2D eigenvalue weighted by atomic mass is 9.74. The van der Waals surface area contributed by atoms with Crippen LogP contribution >= 0.6 is 11.3 Å². The number of aryl methyl sites for hydroxylation is 2. The number of rotatable bonds is 3. The largest absolute Gasteiger partial charge is 0.477 e. The molecule has 2 heterocycles. The summed E-state index contributed by atoms with van der Waals surface area (Å²) in [4.78, 5) is 26.3. The van der Waals surface area contributed by atoms with Gasteiger partial charge in [-0.15, -0.1) is 11.3 Å². The van der Waals surface area contributed by atoms with Crippen LogP contribution in [-0.4, -0.2) is 15.6 Å². The summed E-state index contributed by atoms with van der Waals surface area (Å²) >= 11 is 1.53. The maximum Gasteiger partial charge on any atom is 0.341 e. The molecule has 0 saturated heterocycles. The Hall–Kier alpha value is -2.51. The van der Waals surface area contributed by atoms with E-state index in [-0.39, 0.29) is 28.4 Å². The van der Waals surface area contributed by atoms with Crippen LogP contribution in [-0.2, 0) is 6.42 Å². The number of fused-ring (bicyclic) bond motifs is 2. The molecule has 2 aliphatic rings. The molecule has 162 valence electrons. The maximum absolute atomic E-state index is 15.4. The summed E-state index contributed by atoms with van der Waals surface area (Å²) in [7, 11) is 0. The number of pyridine rings is 1. The van der Waals surface area contributed by atoms with E-state index in [2.05, 4.69) is 13.8 Å². The molecule has 1 aromatic carbocycles. The van der Waals surface area contributed by atoms with Crippen molar-refractivity contribution in [3.8, 4) is 10.4 Å². The van der Waals surface area contributed by atoms with Crippen molar-refractivity contribution in [2.45, 2.75) is 58.5 Å². The Morgan fingerprint density at radius 2 is 2.03 bits per heavy atom. The summed E-state index contributed by atoms with van der Waals surface area (Å²) in [6, 6.07) is 3.30. The van der Waals surface area contributed by atoms with Gasteiger partial charge in [0.2, 0.25) is 5.43 Å². The standard InChI is InChI=1S/C24H25FN2O3S/c1-11-18(17-8-12-6-7-24(2,3)22(26)21(12)31-17)16(25)9-14-19(11)27(13-4-5-13)10-15(20(14)28)23(29)30/h8-10,13,22H,4-7,26H2,1-3H3,(H,29,30). The normalized spacial score (nSPS) is 20.1. The Kier molecular flexibility index (Phi) is 4.44. The second kappa shape index (κ2) is 6.74. The van der Waals surface area contributed by atoms with E-state index in [4.69, 9.17) is 5.73 Å². The molecule has 1 unspecified atom stereocenters. The molecule has 1 saturated carbocycles. The van der Waals surface area contributed by atoms with Crippen molar-refractivity contribution in [3.63, 3.8) is 0 Å². The number of aromatic nitrogens is 1. The fourth-order valence-corrected chi connectivity index (χ4v) is 6.30. The van der Waals surface area contributed by atoms with E-state index >= 15 is 4.39 Å². The average molecular weight is 441 g/mol. The van der Waals surface area contributed by atoms with Gasteiger partial charge < -0.3 is 15.4 Å². The van der Waals surface area contributed by atoms with Crippen LogP contribution in [0.15, 0.2) is 23.1 Å². The highest BCUT2D eigenvalue weighted by molar-refractivity contribution is 7.15. The third kappa shape index (κ3) is 3.05. The molecule has 2 aliphatic carbocycles. The van der Waals surface area contributed by atoms with Crippen LogP contribution in [0.5, 0.6) is 0 Å². The summed E-state index contributed by atoms with van der Waals surface area (Å²) < 4.78 is 17.3. The third-order valence-electron chi connectivity index (χ3n) is 6.93. The molecule has 0 radical (unpaired) electrons. The first-order valence-corrected chi connectivity index (χ1v) is 11.4. The van der Waals surface area contributed by atoms with Crippen molar-refractivity contribution in [3.05, 3.63) is 55.9 Å². The zero-order valence-electron chi connectivity index (χ0n) is 17.8. The van der Waals surface area contributed by atoms with E-state index in [0.717, 1.165) is 35.4 Å². The minimum atomic E-state index is -1.29. The van der Waals surface area contributed by atoms with Crippen LogP contribution in [0.2, 0.25) is 0 Å². The number of carbonyl (C=O) groups is 1. The second-order valence-electron chi connectivity index (χ2n) is 9.54. The number of carboxylic acid groups (broad SMARTS) is 1. The summed E-state index contributed by atoms with van der Waals surface area (Å²) in [5, 5.41) is 9.60. The lowest BCUT2D eigenvalue weighted by Gasteiger charge is -2.35. The van der Waals surface area contributed by atoms with E-state index in [1.807, 2.05) is 17.6 Å². The van der Waals surface area contributed by atoms with E-state index < -0.39 is 17.2 Å². The van der Waals surface area contributed by atoms with Crippen molar-refractivity contribution in [2.24, 2.45) is 11.1 Å². The molecule has 1 fully saturated rings. The van der Waals surface area contributed by atoms with Gasteiger partial charge in [-0.25, -0.2) is 9.18 Å². The van der Waals surface area contributed by atoms with Crippen molar-refractivity contribution >= 4 is 28.2 Å². The first-order valence-electron chi connectivity index (χ1n) is 10.6. The number of hydrogen-bond donors (Lipinski definition) is 2. The minimum absolute atomic E-state index is 0.00815. The van der Waals surface area contributed by atoms with Crippen LogP contribution in [0.25, 0.3) is 21.3 Å². The SMILES string of the molecule is Cc1c(-c2cc3c(s2)C(N)C(C)(C)CC3)c(F)cc2c(=O)c(C(=O)O)cn(C3CC3)c12. The summed E-state index contributed by atoms with van der Waals surface area (Å²) in [5.41, 5.74) is 8.53. The van der Waals surface area contributed by atoms with Crippen LogP contribution in [0.1, 0.15) is 71.6 Å². The zero-order valence-corrected chi connectivity index (χ0v) is 18.6. The van der Waals surface area contributed by atoms with E-state index in [1.165, 1.54) is 29.2 Å². The molecule has 7 heteroatoms. The molecule has 5 nitrogen and oxygen atoms in total. The van der Waals surface area contributed by atoms with Gasteiger partial charge in [0.1, 0.15) is 11.4 Å². The van der Waals surface area contributed by atoms with Gasteiger partial charge in [0.25, 0.3) is 0 Å². The van der Waals surface area contributed by atoms with E-state index in [0.29, 0.717) is 16.6 Å². The molecular weight excluding hydrogens is 415 g/mol. The van der Waals surface area contributed by atoms with E-state index in [1.54, 1.807) is 0 Å². The molecule has 0 amide bonds. The fraction of sp³-hybridized carbons (Fsp3) is 0.417. The Morgan fingerprint density at radius 3 is 2.68 bits per heavy atom. The number of benzene rings is 1. The van der Waals surface area contributed by atoms with Gasteiger partial charge in [-0.2, -0.15) is 0 Å². The van der Waals surface area contributed by atoms with Gasteiger partial charge >= 0.3 is 5.97 Å². The fourth-order valence-electron chi connectivity index (χ4n) is 4.77. The average Bonchev–Trinajstić information content (AvgIpc) is 3.45. The number of carboxylic acids is 1. The topological polar surface area (TPSA) is 85.3 Å². The highest BCUT2D eigenvalue weighted by Gasteiger charge is 2.36. The van der Waals surface area contributed by atoms with Gasteiger partial charge in [-0.1, -0.05) is 13.8 Å². The van der Waals surface area contributed by atoms with Crippen molar-refractivity contribution in [2.75, 3.05) is 0 Å². The Labute approximate surface area is 183 Å². The lowest BCUT2D eigenvalue weighted by Crippen LogP contribution is -2.32. The summed E-state index contributed by atoms with van der Waals surface area (Å²) in [5.74, 6) is -1.79. The predicted molar refractivity (Wildman–Crippen MR) is 120 cm³/mol. The number of aromatic carboxylic acids is 1. The molecule has 31 heavy (non-hydrogen) atoms. The third-order valence-corrected chi connectivity index (χ3v) is 8.21. The molecule has 5 rings (SSSR count). The highest BCUT2D eigenvalue weighted by atomic mass is 32.1. The van der Waals surface area contributed by atoms with Gasteiger partial charge in [0, 0.05) is 39.0 Å². The van der Waals surface area contributed by atoms with Crippen LogP contribution < -0.4 is 11.2 Å². The number of nitrogens with zero attached hydrogens (tertiary/aromatic N) is 1. The minimum Gasteiger partial charge on any atom is -0.477 e. The Morgan fingerprint density at radius 1 is 1.32 bits per heavy atom. The molecule has 3 N–H and O–H groups in total. The summed E-state index contributed by atoms with van der Waals surface area (Å²) in [6.07, 6.45) is 5.16. The molecular formula is C24H25FN2O3S. The molecule has 0 aliphatic heterocycles. The molecule has 0 bridgehead atoms. The van der Waals surface area contributed by atoms with Gasteiger partial charge in [-0.3, -0.25) is 4.79 Å². The Bertz CT molecular complexity index is 1320. The molecule has 0 spiro atoms. The summed E-state index contributed by atoms with van der Waals surface area (Å²) in [6.45, 7) is 6.15. The highest BCUT2D eigenvalue weighted by Crippen LogP contribution is 2.48. The molecule has 1 atom stereocenters. The predicted octanol–water partition coefficient (Wildman–Crippen LogP) is 5.18. The molecule has 3 aromatic rings. The van der Waals surface area contributed by atoms with Crippen molar-refractivity contribution in [1.29, 1.82) is 0 Å². The number of nitrogens with two attached hydrogens (primary N) is 1. The lowest BCUT2D eigenvalue weighted by molar-refractivity contribution is 0.0695. The van der Waals surface area contributed by atoms with Crippen LogP contribution in [0, 0.1) is 18.2 Å². The Balaban J connectivity index is 1.77. The number of thiophene rings is 1. The number of hydrogen-bond acceptors (Lipinski definition) is 4. The number of halogens is 1. The van der Waals surface area contributed by atoms with E-state index in [9.17, 15) is 14.7 Å². The van der Waals surface area contributed by atoms with Crippen LogP contribution in [0.4, 0.5) is 4.39 Å². The van der Waals surface area contributed by atoms with Gasteiger partial charge in [0.05, 0.1) is 5.52 Å². The first kappa shape index (κ1) is 20.4. The van der Waals surface area contributed by atoms with Crippen molar-refractivity contribution in [1.82, 2.24) is 4.57 Å². The quantitative estimate of drug-likeness (QED) is 0.587.